The summed E-state index contributed by atoms with van der Waals surface area (Å²) in [4.78, 5) is 15.0. The van der Waals surface area contributed by atoms with Gasteiger partial charge in [-0.15, -0.1) is 0 Å². The standard InChI is InChI=1S/C21H24N2O3/c24-21(22-19-9-12-26-20-4-2-1-3-18(19)20)17-7-5-16(6-8-17)15-23-10-13-25-14-11-23/h1-8,19H,9-15H2,(H,22,24)/t19-/m1/s1. The van der Waals surface area contributed by atoms with Crippen LogP contribution in [0.15, 0.2) is 48.5 Å². The fraction of sp³-hybridized carbons (Fsp3) is 0.381. The van der Waals surface area contributed by atoms with Crippen molar-refractivity contribution in [3.63, 3.8) is 0 Å². The average molecular weight is 352 g/mol. The highest BCUT2D eigenvalue weighted by Crippen LogP contribution is 2.31. The van der Waals surface area contributed by atoms with Gasteiger partial charge in [0, 0.05) is 37.2 Å². The number of carbonyl (C=O) groups excluding carboxylic acids is 1. The molecule has 2 aliphatic rings. The summed E-state index contributed by atoms with van der Waals surface area (Å²) in [5, 5.41) is 3.15. The van der Waals surface area contributed by atoms with E-state index in [0.717, 1.165) is 50.6 Å². The van der Waals surface area contributed by atoms with Crippen LogP contribution >= 0.6 is 0 Å². The number of nitrogens with zero attached hydrogens (tertiary/aromatic N) is 1. The van der Waals surface area contributed by atoms with E-state index in [2.05, 4.69) is 10.2 Å². The van der Waals surface area contributed by atoms with Gasteiger partial charge in [-0.05, 0) is 23.8 Å². The van der Waals surface area contributed by atoms with Gasteiger partial charge in [0.2, 0.25) is 0 Å². The number of nitrogens with one attached hydrogen (secondary N) is 1. The smallest absolute Gasteiger partial charge is 0.251 e. The van der Waals surface area contributed by atoms with Crippen LogP contribution in [-0.4, -0.2) is 43.7 Å². The minimum Gasteiger partial charge on any atom is -0.493 e. The van der Waals surface area contributed by atoms with Crippen LogP contribution in [-0.2, 0) is 11.3 Å². The van der Waals surface area contributed by atoms with Crippen molar-refractivity contribution in [1.29, 1.82) is 0 Å². The van der Waals surface area contributed by atoms with Crippen molar-refractivity contribution >= 4 is 5.91 Å². The number of hydrogen-bond acceptors (Lipinski definition) is 4. The van der Waals surface area contributed by atoms with E-state index in [4.69, 9.17) is 9.47 Å². The quantitative estimate of drug-likeness (QED) is 0.919. The number of rotatable bonds is 4. The highest BCUT2D eigenvalue weighted by atomic mass is 16.5. The lowest BCUT2D eigenvalue weighted by molar-refractivity contribution is 0.0342. The van der Waals surface area contributed by atoms with Gasteiger partial charge < -0.3 is 14.8 Å². The molecule has 5 nitrogen and oxygen atoms in total. The maximum Gasteiger partial charge on any atom is 0.251 e. The van der Waals surface area contributed by atoms with Crippen molar-refractivity contribution in [2.24, 2.45) is 0 Å². The number of benzene rings is 2. The van der Waals surface area contributed by atoms with E-state index in [9.17, 15) is 4.79 Å². The molecule has 0 aromatic heterocycles. The molecule has 4 rings (SSSR count). The first kappa shape index (κ1) is 17.1. The Kier molecular flexibility index (Phi) is 5.18. The number of morpholine rings is 1. The van der Waals surface area contributed by atoms with Gasteiger partial charge in [0.15, 0.2) is 0 Å². The molecule has 0 aliphatic carbocycles. The van der Waals surface area contributed by atoms with Gasteiger partial charge in [0.1, 0.15) is 5.75 Å². The maximum absolute atomic E-state index is 12.6. The summed E-state index contributed by atoms with van der Waals surface area (Å²) in [5.41, 5.74) is 2.97. The maximum atomic E-state index is 12.6. The van der Waals surface area contributed by atoms with E-state index in [1.807, 2.05) is 48.5 Å². The van der Waals surface area contributed by atoms with Gasteiger partial charge in [-0.25, -0.2) is 0 Å². The number of ether oxygens (including phenoxy) is 2. The Bertz CT molecular complexity index is 754. The zero-order valence-corrected chi connectivity index (χ0v) is 14.8. The van der Waals surface area contributed by atoms with E-state index in [1.54, 1.807) is 0 Å². The molecule has 0 saturated carbocycles. The SMILES string of the molecule is O=C(N[C@@H]1CCOc2ccccc21)c1ccc(CN2CCOCC2)cc1. The fourth-order valence-electron chi connectivity index (χ4n) is 3.51. The van der Waals surface area contributed by atoms with Crippen molar-refractivity contribution in [3.8, 4) is 5.75 Å². The molecule has 136 valence electrons. The summed E-state index contributed by atoms with van der Waals surface area (Å²) >= 11 is 0. The van der Waals surface area contributed by atoms with Crippen LogP contribution in [0.25, 0.3) is 0 Å². The van der Waals surface area contributed by atoms with Gasteiger partial charge in [0.05, 0.1) is 25.9 Å². The molecule has 0 bridgehead atoms. The Balaban J connectivity index is 1.39. The van der Waals surface area contributed by atoms with E-state index < -0.39 is 0 Å². The van der Waals surface area contributed by atoms with Gasteiger partial charge in [0.25, 0.3) is 5.91 Å². The molecule has 1 saturated heterocycles. The second-order valence-corrected chi connectivity index (χ2v) is 6.79. The minimum absolute atomic E-state index is 0.000441. The third-order valence-electron chi connectivity index (χ3n) is 4.99. The second-order valence-electron chi connectivity index (χ2n) is 6.79. The van der Waals surface area contributed by atoms with Crippen molar-refractivity contribution in [1.82, 2.24) is 10.2 Å². The Hall–Kier alpha value is -2.37. The molecular formula is C21H24N2O3. The van der Waals surface area contributed by atoms with E-state index in [0.29, 0.717) is 12.2 Å². The molecule has 1 atom stereocenters. The summed E-state index contributed by atoms with van der Waals surface area (Å²) in [6, 6.07) is 15.8. The number of fused-ring (bicyclic) bond motifs is 1. The molecule has 5 heteroatoms. The van der Waals surface area contributed by atoms with Crippen LogP contribution in [0.2, 0.25) is 0 Å². The Morgan fingerprint density at radius 1 is 1.04 bits per heavy atom. The molecule has 1 fully saturated rings. The highest BCUT2D eigenvalue weighted by molar-refractivity contribution is 5.94. The first-order chi connectivity index (χ1) is 12.8. The normalized spacial score (nSPS) is 20.1. The molecule has 1 amide bonds. The second kappa shape index (κ2) is 7.89. The number of hydrogen-bond donors (Lipinski definition) is 1. The van der Waals surface area contributed by atoms with Gasteiger partial charge in [-0.2, -0.15) is 0 Å². The summed E-state index contributed by atoms with van der Waals surface area (Å²) in [5.74, 6) is 0.828. The Labute approximate surface area is 153 Å². The zero-order chi connectivity index (χ0) is 17.8. The largest absolute Gasteiger partial charge is 0.493 e. The predicted molar refractivity (Wildman–Crippen MR) is 99.3 cm³/mol. The molecule has 0 unspecified atom stereocenters. The van der Waals surface area contributed by atoms with Crippen LogP contribution in [0.1, 0.15) is 33.9 Å². The molecule has 1 N–H and O–H groups in total. The topological polar surface area (TPSA) is 50.8 Å². The van der Waals surface area contributed by atoms with Crippen molar-refractivity contribution in [3.05, 3.63) is 65.2 Å². The van der Waals surface area contributed by atoms with Crippen molar-refractivity contribution in [2.45, 2.75) is 19.0 Å². The van der Waals surface area contributed by atoms with Crippen molar-refractivity contribution < 1.29 is 14.3 Å². The molecular weight excluding hydrogens is 328 g/mol. The first-order valence-corrected chi connectivity index (χ1v) is 9.21. The average Bonchev–Trinajstić information content (AvgIpc) is 2.70. The molecule has 2 heterocycles. The van der Waals surface area contributed by atoms with E-state index in [1.165, 1.54) is 5.56 Å². The first-order valence-electron chi connectivity index (χ1n) is 9.21. The summed E-state index contributed by atoms with van der Waals surface area (Å²) in [6.45, 7) is 5.05. The molecule has 26 heavy (non-hydrogen) atoms. The highest BCUT2D eigenvalue weighted by Gasteiger charge is 2.23. The molecule has 2 aliphatic heterocycles. The van der Waals surface area contributed by atoms with E-state index in [-0.39, 0.29) is 11.9 Å². The molecule has 2 aromatic carbocycles. The lowest BCUT2D eigenvalue weighted by atomic mass is 10.00. The van der Waals surface area contributed by atoms with Crippen LogP contribution in [0.3, 0.4) is 0 Å². The summed E-state index contributed by atoms with van der Waals surface area (Å²) in [6.07, 6.45) is 0.790. The van der Waals surface area contributed by atoms with Gasteiger partial charge >= 0.3 is 0 Å². The van der Waals surface area contributed by atoms with Gasteiger partial charge in [-0.1, -0.05) is 30.3 Å². The van der Waals surface area contributed by atoms with Crippen molar-refractivity contribution in [2.75, 3.05) is 32.9 Å². The van der Waals surface area contributed by atoms with E-state index >= 15 is 0 Å². The lowest BCUT2D eigenvalue weighted by Gasteiger charge is -2.27. The van der Waals surface area contributed by atoms with Crippen LogP contribution in [0.5, 0.6) is 5.75 Å². The molecule has 0 radical (unpaired) electrons. The molecule has 0 spiro atoms. The predicted octanol–water partition coefficient (Wildman–Crippen LogP) is 2.77. The third kappa shape index (κ3) is 3.89. The Morgan fingerprint density at radius 3 is 2.62 bits per heavy atom. The zero-order valence-electron chi connectivity index (χ0n) is 14.8. The Morgan fingerprint density at radius 2 is 1.81 bits per heavy atom. The number of carbonyl (C=O) groups is 1. The fourth-order valence-corrected chi connectivity index (χ4v) is 3.51. The van der Waals surface area contributed by atoms with Gasteiger partial charge in [-0.3, -0.25) is 9.69 Å². The number of amides is 1. The minimum atomic E-state index is -0.0374. The van der Waals surface area contributed by atoms with Crippen LogP contribution < -0.4 is 10.1 Å². The summed E-state index contributed by atoms with van der Waals surface area (Å²) < 4.78 is 11.0. The third-order valence-corrected chi connectivity index (χ3v) is 4.99. The van der Waals surface area contributed by atoms with Crippen LogP contribution in [0, 0.1) is 0 Å². The van der Waals surface area contributed by atoms with Crippen LogP contribution in [0.4, 0.5) is 0 Å². The number of para-hydroxylation sites is 1. The molecule has 2 aromatic rings. The monoisotopic (exact) mass is 352 g/mol. The summed E-state index contributed by atoms with van der Waals surface area (Å²) in [7, 11) is 0. The lowest BCUT2D eigenvalue weighted by Crippen LogP contribution is -2.35.